The van der Waals surface area contributed by atoms with Gasteiger partial charge in [-0.2, -0.15) is 0 Å². The average Bonchev–Trinajstić information content (AvgIpc) is 3.19. The van der Waals surface area contributed by atoms with Gasteiger partial charge in [0.25, 0.3) is 5.91 Å². The summed E-state index contributed by atoms with van der Waals surface area (Å²) in [4.78, 5) is 29.4. The summed E-state index contributed by atoms with van der Waals surface area (Å²) in [5.74, 6) is 2.33. The van der Waals surface area contributed by atoms with Gasteiger partial charge in [0.05, 0.1) is 35.2 Å². The number of halogens is 1. The number of aromatic nitrogens is 3. The molecule has 170 valence electrons. The fourth-order valence-corrected chi connectivity index (χ4v) is 6.74. The van der Waals surface area contributed by atoms with Crippen molar-refractivity contribution < 1.29 is 9.18 Å². The third-order valence-corrected chi connectivity index (χ3v) is 8.31. The lowest BCUT2D eigenvalue weighted by Gasteiger charge is -2.27. The minimum Gasteiger partial charge on any atom is -0.357 e. The number of pyridine rings is 1. The summed E-state index contributed by atoms with van der Waals surface area (Å²) in [6.45, 7) is 3.06. The Morgan fingerprint density at radius 3 is 2.85 bits per heavy atom. The average molecular weight is 465 g/mol. The van der Waals surface area contributed by atoms with Crippen LogP contribution in [0.2, 0.25) is 0 Å². The molecule has 3 aliphatic rings. The van der Waals surface area contributed by atoms with Crippen molar-refractivity contribution in [2.24, 2.45) is 17.8 Å². The van der Waals surface area contributed by atoms with Crippen LogP contribution in [-0.2, 0) is 17.9 Å². The number of rotatable bonds is 6. The number of likely N-dealkylation sites (N-methyl/N-ethyl adjacent to an activating group) is 1. The molecule has 1 saturated carbocycles. The standard InChI is InChI=1S/C24H25FN6OS/c1-30-20(23(32)27-9-19-16(25)5-4-8-26-19)13-33-24(30)22-14-10-31(11-15(14)22)12-21-28-17-6-2-3-7-18(17)29-21/h2-8,13-15,22,24H,9-12H2,1H3,(H,27,32)(H,28,29)/t14-,15+,22?,24?. The Bertz CT molecular complexity index is 1200. The van der Waals surface area contributed by atoms with Crippen molar-refractivity contribution in [2.45, 2.75) is 18.5 Å². The second-order valence-electron chi connectivity index (χ2n) is 9.06. The Labute approximate surface area is 195 Å². The zero-order valence-electron chi connectivity index (χ0n) is 18.2. The first-order valence-electron chi connectivity index (χ1n) is 11.2. The fraction of sp³-hybridized carbons (Fsp3) is 0.375. The second-order valence-corrected chi connectivity index (χ2v) is 10.0. The van der Waals surface area contributed by atoms with Crippen molar-refractivity contribution in [3.05, 3.63) is 71.0 Å². The number of para-hydroxylation sites is 2. The number of H-pyrrole nitrogens is 1. The number of hydrogen-bond donors (Lipinski definition) is 2. The fourth-order valence-electron chi connectivity index (χ4n) is 5.32. The molecule has 0 spiro atoms. The smallest absolute Gasteiger partial charge is 0.268 e. The van der Waals surface area contributed by atoms with E-state index in [4.69, 9.17) is 4.98 Å². The van der Waals surface area contributed by atoms with Gasteiger partial charge in [0.1, 0.15) is 17.3 Å². The highest BCUT2D eigenvalue weighted by Gasteiger charge is 2.60. The molecule has 2 fully saturated rings. The monoisotopic (exact) mass is 464 g/mol. The molecule has 0 radical (unpaired) electrons. The van der Waals surface area contributed by atoms with Gasteiger partial charge in [-0.15, -0.1) is 11.8 Å². The van der Waals surface area contributed by atoms with E-state index in [1.807, 2.05) is 30.7 Å². The van der Waals surface area contributed by atoms with E-state index in [1.54, 1.807) is 17.8 Å². The molecule has 0 bridgehead atoms. The van der Waals surface area contributed by atoms with Crippen LogP contribution in [-0.4, -0.2) is 56.2 Å². The van der Waals surface area contributed by atoms with Gasteiger partial charge in [-0.3, -0.25) is 14.7 Å². The van der Waals surface area contributed by atoms with Crippen molar-refractivity contribution >= 4 is 28.7 Å². The Morgan fingerprint density at radius 2 is 2.06 bits per heavy atom. The molecule has 4 heterocycles. The number of imidazole rings is 1. The van der Waals surface area contributed by atoms with Gasteiger partial charge >= 0.3 is 0 Å². The van der Waals surface area contributed by atoms with Crippen LogP contribution in [0, 0.1) is 23.6 Å². The van der Waals surface area contributed by atoms with E-state index >= 15 is 0 Å². The lowest BCUT2D eigenvalue weighted by molar-refractivity contribution is -0.119. The predicted octanol–water partition coefficient (Wildman–Crippen LogP) is 2.94. The number of thioether (sulfide) groups is 1. The van der Waals surface area contributed by atoms with Crippen LogP contribution in [0.5, 0.6) is 0 Å². The van der Waals surface area contributed by atoms with Crippen LogP contribution < -0.4 is 5.32 Å². The van der Waals surface area contributed by atoms with Crippen molar-refractivity contribution in [3.8, 4) is 0 Å². The molecule has 9 heteroatoms. The molecule has 2 N–H and O–H groups in total. The summed E-state index contributed by atoms with van der Waals surface area (Å²) in [6.07, 6.45) is 1.53. The third-order valence-electron chi connectivity index (χ3n) is 7.04. The largest absolute Gasteiger partial charge is 0.357 e. The summed E-state index contributed by atoms with van der Waals surface area (Å²) in [7, 11) is 1.98. The number of nitrogens with zero attached hydrogens (tertiary/aromatic N) is 4. The molecular weight excluding hydrogens is 439 g/mol. The summed E-state index contributed by atoms with van der Waals surface area (Å²) in [6, 6.07) is 11.0. The SMILES string of the molecule is CN1C(C(=O)NCc2ncccc2F)=CSC1C1[C@H]2CN(Cc3nc4ccccc4[nH]3)C[C@@H]12. The first-order chi connectivity index (χ1) is 16.1. The van der Waals surface area contributed by atoms with E-state index in [0.717, 1.165) is 36.5 Å². The number of nitrogens with one attached hydrogen (secondary N) is 2. The van der Waals surface area contributed by atoms with Crippen LogP contribution in [0.3, 0.4) is 0 Å². The van der Waals surface area contributed by atoms with Crippen LogP contribution in [0.15, 0.2) is 53.7 Å². The van der Waals surface area contributed by atoms with Gasteiger partial charge in [0.15, 0.2) is 0 Å². The highest BCUT2D eigenvalue weighted by Crippen LogP contribution is 2.58. The zero-order valence-corrected chi connectivity index (χ0v) is 19.1. The molecule has 1 aliphatic carbocycles. The molecule has 3 aromatic rings. The second kappa shape index (κ2) is 8.14. The number of piperidine rings is 1. The number of carbonyl (C=O) groups excluding carboxylic acids is 1. The molecule has 1 amide bonds. The molecule has 2 aliphatic heterocycles. The van der Waals surface area contributed by atoms with Crippen LogP contribution in [0.1, 0.15) is 11.5 Å². The Hall–Kier alpha value is -2.91. The summed E-state index contributed by atoms with van der Waals surface area (Å²) in [5, 5.41) is 5.02. The van der Waals surface area contributed by atoms with Gasteiger partial charge in [-0.1, -0.05) is 12.1 Å². The molecule has 1 aromatic carbocycles. The van der Waals surface area contributed by atoms with Crippen molar-refractivity contribution in [2.75, 3.05) is 20.1 Å². The molecule has 6 rings (SSSR count). The first-order valence-corrected chi connectivity index (χ1v) is 12.1. The van der Waals surface area contributed by atoms with E-state index in [2.05, 4.69) is 31.2 Å². The summed E-state index contributed by atoms with van der Waals surface area (Å²) >= 11 is 1.72. The summed E-state index contributed by atoms with van der Waals surface area (Å²) in [5.41, 5.74) is 2.99. The van der Waals surface area contributed by atoms with Crippen LogP contribution in [0.25, 0.3) is 11.0 Å². The predicted molar refractivity (Wildman–Crippen MR) is 125 cm³/mol. The maximum atomic E-state index is 13.8. The van der Waals surface area contributed by atoms with Crippen molar-refractivity contribution in [1.82, 2.24) is 30.1 Å². The van der Waals surface area contributed by atoms with E-state index < -0.39 is 5.82 Å². The van der Waals surface area contributed by atoms with E-state index in [0.29, 0.717) is 23.5 Å². The summed E-state index contributed by atoms with van der Waals surface area (Å²) < 4.78 is 13.8. The van der Waals surface area contributed by atoms with E-state index in [1.165, 1.54) is 12.3 Å². The molecule has 2 unspecified atom stereocenters. The lowest BCUT2D eigenvalue weighted by atomic mass is 10.2. The highest BCUT2D eigenvalue weighted by molar-refractivity contribution is 8.03. The number of hydrogen-bond acceptors (Lipinski definition) is 6. The quantitative estimate of drug-likeness (QED) is 0.584. The Morgan fingerprint density at radius 1 is 1.24 bits per heavy atom. The van der Waals surface area contributed by atoms with Gasteiger partial charge < -0.3 is 15.2 Å². The Balaban J connectivity index is 1.02. The molecule has 33 heavy (non-hydrogen) atoms. The minimum absolute atomic E-state index is 0.0808. The normalized spacial score (nSPS) is 26.5. The number of amides is 1. The van der Waals surface area contributed by atoms with E-state index in [9.17, 15) is 9.18 Å². The third kappa shape index (κ3) is 3.79. The minimum atomic E-state index is -0.406. The molecule has 4 atom stereocenters. The number of benzene rings is 1. The molecule has 2 aromatic heterocycles. The lowest BCUT2D eigenvalue weighted by Crippen LogP contribution is -2.37. The van der Waals surface area contributed by atoms with E-state index in [-0.39, 0.29) is 23.5 Å². The van der Waals surface area contributed by atoms with Crippen LogP contribution in [0.4, 0.5) is 4.39 Å². The first kappa shape index (κ1) is 20.7. The Kier molecular flexibility index (Phi) is 5.10. The highest BCUT2D eigenvalue weighted by atomic mass is 32.2. The van der Waals surface area contributed by atoms with Crippen molar-refractivity contribution in [1.29, 1.82) is 0 Å². The van der Waals surface area contributed by atoms with Crippen molar-refractivity contribution in [3.63, 3.8) is 0 Å². The zero-order chi connectivity index (χ0) is 22.5. The van der Waals surface area contributed by atoms with Gasteiger partial charge in [0.2, 0.25) is 0 Å². The van der Waals surface area contributed by atoms with Gasteiger partial charge in [0, 0.05) is 31.7 Å². The van der Waals surface area contributed by atoms with Gasteiger partial charge in [-0.25, -0.2) is 9.37 Å². The number of carbonyl (C=O) groups is 1. The number of likely N-dealkylation sites (tertiary alicyclic amines) is 1. The maximum absolute atomic E-state index is 13.8. The van der Waals surface area contributed by atoms with Crippen LogP contribution >= 0.6 is 11.8 Å². The molecular formula is C24H25FN6OS. The van der Waals surface area contributed by atoms with Gasteiger partial charge in [-0.05, 0) is 42.0 Å². The maximum Gasteiger partial charge on any atom is 0.268 e. The molecule has 7 nitrogen and oxygen atoms in total. The number of fused-ring (bicyclic) bond motifs is 2. The molecule has 1 saturated heterocycles. The number of aromatic amines is 1. The topological polar surface area (TPSA) is 77.2 Å².